The zero-order valence-electron chi connectivity index (χ0n) is 11.6. The molecule has 0 radical (unpaired) electrons. The van der Waals surface area contributed by atoms with Gasteiger partial charge in [-0.2, -0.15) is 0 Å². The number of nitrogens with zero attached hydrogens (tertiary/aromatic N) is 1. The van der Waals surface area contributed by atoms with Gasteiger partial charge in [-0.25, -0.2) is 0 Å². The van der Waals surface area contributed by atoms with Crippen LogP contribution < -0.4 is 0 Å². The highest BCUT2D eigenvalue weighted by Gasteiger charge is 2.42. The molecule has 0 aromatic carbocycles. The van der Waals surface area contributed by atoms with Gasteiger partial charge in [-0.1, -0.05) is 13.3 Å². The van der Waals surface area contributed by atoms with Crippen LogP contribution in [0.3, 0.4) is 0 Å². The molecule has 0 aliphatic carbocycles. The maximum Gasteiger partial charge on any atom is 0.309 e. The van der Waals surface area contributed by atoms with E-state index in [0.717, 1.165) is 12.8 Å². The van der Waals surface area contributed by atoms with Crippen molar-refractivity contribution in [1.82, 2.24) is 4.90 Å². The minimum atomic E-state index is -0.703. The molecule has 108 valence electrons. The summed E-state index contributed by atoms with van der Waals surface area (Å²) < 4.78 is 5.25. The summed E-state index contributed by atoms with van der Waals surface area (Å²) >= 11 is 0. The van der Waals surface area contributed by atoms with Gasteiger partial charge in [-0.3, -0.25) is 9.59 Å². The molecule has 0 bridgehead atoms. The molecule has 0 spiro atoms. The van der Waals surface area contributed by atoms with Gasteiger partial charge in [0.05, 0.1) is 17.9 Å². The predicted molar refractivity (Wildman–Crippen MR) is 69.7 cm³/mol. The Labute approximate surface area is 113 Å². The van der Waals surface area contributed by atoms with Crippen LogP contribution in [0.25, 0.3) is 0 Å². The van der Waals surface area contributed by atoms with Crippen LogP contribution in [0.2, 0.25) is 0 Å². The van der Waals surface area contributed by atoms with Crippen molar-refractivity contribution in [3.05, 3.63) is 0 Å². The van der Waals surface area contributed by atoms with Crippen molar-refractivity contribution >= 4 is 11.9 Å². The number of ether oxygens (including phenoxy) is 1. The van der Waals surface area contributed by atoms with E-state index in [4.69, 9.17) is 4.74 Å². The van der Waals surface area contributed by atoms with Crippen LogP contribution in [0.5, 0.6) is 0 Å². The molecule has 5 nitrogen and oxygen atoms in total. The van der Waals surface area contributed by atoms with E-state index >= 15 is 0 Å². The number of aliphatic carboxylic acids is 1. The number of amides is 1. The van der Waals surface area contributed by atoms with Gasteiger partial charge in [-0.15, -0.1) is 0 Å². The van der Waals surface area contributed by atoms with E-state index in [1.807, 2.05) is 11.8 Å². The van der Waals surface area contributed by atoms with E-state index in [1.54, 1.807) is 0 Å². The highest BCUT2D eigenvalue weighted by molar-refractivity contribution is 5.80. The fraction of sp³-hybridized carbons (Fsp3) is 0.857. The second-order valence-electron chi connectivity index (χ2n) is 5.72. The number of carbonyl (C=O) groups is 2. The van der Waals surface area contributed by atoms with Gasteiger partial charge in [0, 0.05) is 19.7 Å². The van der Waals surface area contributed by atoms with Gasteiger partial charge in [0.2, 0.25) is 5.91 Å². The fourth-order valence-electron chi connectivity index (χ4n) is 3.19. The van der Waals surface area contributed by atoms with Gasteiger partial charge >= 0.3 is 5.97 Å². The summed E-state index contributed by atoms with van der Waals surface area (Å²) in [5.74, 6) is -0.567. The molecule has 2 aliphatic rings. The third kappa shape index (κ3) is 2.91. The lowest BCUT2D eigenvalue weighted by Crippen LogP contribution is -2.48. The zero-order valence-corrected chi connectivity index (χ0v) is 11.6. The van der Waals surface area contributed by atoms with Crippen molar-refractivity contribution < 1.29 is 19.4 Å². The molecular formula is C14H23NO4. The number of hydrogen-bond acceptors (Lipinski definition) is 3. The first-order chi connectivity index (χ1) is 9.09. The molecule has 0 saturated carbocycles. The molecule has 0 aromatic rings. The molecule has 1 atom stereocenters. The molecule has 2 heterocycles. The molecule has 2 aliphatic heterocycles. The lowest BCUT2D eigenvalue weighted by atomic mass is 9.75. The smallest absolute Gasteiger partial charge is 0.309 e. The maximum absolute atomic E-state index is 12.2. The van der Waals surface area contributed by atoms with Gasteiger partial charge in [0.25, 0.3) is 0 Å². The Bertz CT molecular complexity index is 341. The topological polar surface area (TPSA) is 66.8 Å². The number of rotatable bonds is 4. The highest BCUT2D eigenvalue weighted by atomic mass is 16.5. The molecule has 2 rings (SSSR count). The Hall–Kier alpha value is -1.10. The van der Waals surface area contributed by atoms with E-state index < -0.39 is 11.4 Å². The van der Waals surface area contributed by atoms with Gasteiger partial charge in [0.15, 0.2) is 0 Å². The zero-order chi connectivity index (χ0) is 13.9. The van der Waals surface area contributed by atoms with Crippen LogP contribution in [0.1, 0.15) is 39.0 Å². The van der Waals surface area contributed by atoms with Crippen LogP contribution in [-0.2, 0) is 14.3 Å². The summed E-state index contributed by atoms with van der Waals surface area (Å²) in [6.45, 7) is 4.34. The number of carboxylic acid groups (broad SMARTS) is 1. The van der Waals surface area contributed by atoms with Crippen molar-refractivity contribution in [2.24, 2.45) is 11.3 Å². The quantitative estimate of drug-likeness (QED) is 0.840. The summed E-state index contributed by atoms with van der Waals surface area (Å²) in [6, 6.07) is 0. The molecular weight excluding hydrogens is 246 g/mol. The second-order valence-corrected chi connectivity index (χ2v) is 5.72. The van der Waals surface area contributed by atoms with Crippen LogP contribution in [-0.4, -0.2) is 48.2 Å². The average Bonchev–Trinajstić information content (AvgIpc) is 2.93. The minimum absolute atomic E-state index is 0.0106. The van der Waals surface area contributed by atoms with Crippen LogP contribution >= 0.6 is 0 Å². The summed E-state index contributed by atoms with van der Waals surface area (Å²) in [6.07, 6.45) is 3.53. The summed E-state index contributed by atoms with van der Waals surface area (Å²) in [5, 5.41) is 9.43. The fourth-order valence-corrected chi connectivity index (χ4v) is 3.19. The monoisotopic (exact) mass is 269 g/mol. The third-order valence-electron chi connectivity index (χ3n) is 4.49. The SMILES string of the molecule is CCCC1(C(=O)O)CCN(C(=O)C2CCOC2)CC1. The minimum Gasteiger partial charge on any atom is -0.481 e. The van der Waals surface area contributed by atoms with Crippen LogP contribution in [0.4, 0.5) is 0 Å². The van der Waals surface area contributed by atoms with Gasteiger partial charge in [0.1, 0.15) is 0 Å². The largest absolute Gasteiger partial charge is 0.481 e. The molecule has 2 fully saturated rings. The molecule has 0 aromatic heterocycles. The summed E-state index contributed by atoms with van der Waals surface area (Å²) in [7, 11) is 0. The molecule has 19 heavy (non-hydrogen) atoms. The first kappa shape index (κ1) is 14.3. The van der Waals surface area contributed by atoms with E-state index in [0.29, 0.717) is 45.6 Å². The standard InChI is InChI=1S/C14H23NO4/c1-2-4-14(13(17)18)5-7-15(8-6-14)12(16)11-3-9-19-10-11/h11H,2-10H2,1H3,(H,17,18). The van der Waals surface area contributed by atoms with E-state index in [1.165, 1.54) is 0 Å². The molecule has 2 saturated heterocycles. The van der Waals surface area contributed by atoms with Crippen molar-refractivity contribution in [3.8, 4) is 0 Å². The molecule has 1 amide bonds. The maximum atomic E-state index is 12.2. The normalized spacial score (nSPS) is 26.4. The average molecular weight is 269 g/mol. The lowest BCUT2D eigenvalue weighted by Gasteiger charge is -2.39. The van der Waals surface area contributed by atoms with Crippen molar-refractivity contribution in [2.75, 3.05) is 26.3 Å². The number of piperidine rings is 1. The number of carboxylic acids is 1. The van der Waals surface area contributed by atoms with E-state index in [9.17, 15) is 14.7 Å². The predicted octanol–water partition coefficient (Wildman–Crippen LogP) is 1.52. The van der Waals surface area contributed by atoms with Gasteiger partial charge in [-0.05, 0) is 25.7 Å². The Kier molecular flexibility index (Phi) is 4.45. The molecule has 5 heteroatoms. The summed E-state index contributed by atoms with van der Waals surface area (Å²) in [5.41, 5.74) is -0.613. The van der Waals surface area contributed by atoms with Crippen LogP contribution in [0.15, 0.2) is 0 Å². The second kappa shape index (κ2) is 5.90. The first-order valence-corrected chi connectivity index (χ1v) is 7.19. The number of likely N-dealkylation sites (tertiary alicyclic amines) is 1. The van der Waals surface area contributed by atoms with Crippen molar-refractivity contribution in [3.63, 3.8) is 0 Å². The van der Waals surface area contributed by atoms with Crippen molar-refractivity contribution in [2.45, 2.75) is 39.0 Å². The Balaban J connectivity index is 1.93. The van der Waals surface area contributed by atoms with Gasteiger partial charge < -0.3 is 14.7 Å². The third-order valence-corrected chi connectivity index (χ3v) is 4.49. The molecule has 1 unspecified atom stereocenters. The van der Waals surface area contributed by atoms with Crippen molar-refractivity contribution in [1.29, 1.82) is 0 Å². The van der Waals surface area contributed by atoms with E-state index in [-0.39, 0.29) is 11.8 Å². The highest BCUT2D eigenvalue weighted by Crippen LogP contribution is 2.37. The lowest BCUT2D eigenvalue weighted by molar-refractivity contribution is -0.155. The summed E-state index contributed by atoms with van der Waals surface area (Å²) in [4.78, 5) is 25.5. The Morgan fingerprint density at radius 3 is 2.53 bits per heavy atom. The van der Waals surface area contributed by atoms with Crippen LogP contribution in [0, 0.1) is 11.3 Å². The Morgan fingerprint density at radius 1 is 1.37 bits per heavy atom. The van der Waals surface area contributed by atoms with E-state index in [2.05, 4.69) is 0 Å². The first-order valence-electron chi connectivity index (χ1n) is 7.19. The number of hydrogen-bond donors (Lipinski definition) is 1. The Morgan fingerprint density at radius 2 is 2.05 bits per heavy atom. The number of carbonyl (C=O) groups excluding carboxylic acids is 1. The molecule has 1 N–H and O–H groups in total.